The fourth-order valence-corrected chi connectivity index (χ4v) is 3.16. The van der Waals surface area contributed by atoms with Gasteiger partial charge in [-0.2, -0.15) is 0 Å². The summed E-state index contributed by atoms with van der Waals surface area (Å²) in [4.78, 5) is 3.34. The van der Waals surface area contributed by atoms with E-state index in [0.29, 0.717) is 6.04 Å². The van der Waals surface area contributed by atoms with Crippen molar-refractivity contribution >= 4 is 10.9 Å². The topological polar surface area (TPSA) is 37.0 Å². The van der Waals surface area contributed by atoms with Crippen LogP contribution in [0.3, 0.4) is 0 Å². The largest absolute Gasteiger partial charge is 0.375 e. The molecule has 3 rings (SSSR count). The van der Waals surface area contributed by atoms with E-state index in [1.54, 1.807) is 0 Å². The highest BCUT2D eigenvalue weighted by molar-refractivity contribution is 5.83. The summed E-state index contributed by atoms with van der Waals surface area (Å²) in [5, 5.41) is 5.04. The third kappa shape index (κ3) is 3.05. The number of aromatic nitrogens is 1. The number of hydrogen-bond donors (Lipinski definition) is 2. The Balaban J connectivity index is 1.55. The molecular formula is C17H24N2O. The van der Waals surface area contributed by atoms with Crippen molar-refractivity contribution in [1.82, 2.24) is 10.3 Å². The SMILES string of the molecule is CC1(C)CC(NCCc2c[nH]c3ccccc23)CCO1. The molecule has 1 saturated heterocycles. The molecule has 0 bridgehead atoms. The van der Waals surface area contributed by atoms with Crippen molar-refractivity contribution in [3.8, 4) is 0 Å². The molecule has 1 unspecified atom stereocenters. The number of nitrogens with one attached hydrogen (secondary N) is 2. The maximum absolute atomic E-state index is 5.76. The molecule has 0 spiro atoms. The number of para-hydroxylation sites is 1. The van der Waals surface area contributed by atoms with Crippen molar-refractivity contribution in [2.24, 2.45) is 0 Å². The van der Waals surface area contributed by atoms with E-state index in [1.807, 2.05) is 0 Å². The summed E-state index contributed by atoms with van der Waals surface area (Å²) in [6, 6.07) is 9.09. The highest BCUT2D eigenvalue weighted by atomic mass is 16.5. The number of aromatic amines is 1. The van der Waals surface area contributed by atoms with Crippen LogP contribution in [0.5, 0.6) is 0 Å². The van der Waals surface area contributed by atoms with Gasteiger partial charge in [-0.15, -0.1) is 0 Å². The van der Waals surface area contributed by atoms with E-state index >= 15 is 0 Å². The molecule has 20 heavy (non-hydrogen) atoms. The normalized spacial score (nSPS) is 22.2. The van der Waals surface area contributed by atoms with Crippen molar-refractivity contribution in [3.63, 3.8) is 0 Å². The Labute approximate surface area is 120 Å². The molecule has 1 aromatic carbocycles. The number of fused-ring (bicyclic) bond motifs is 1. The lowest BCUT2D eigenvalue weighted by molar-refractivity contribution is -0.0627. The fraction of sp³-hybridized carbons (Fsp3) is 0.529. The minimum Gasteiger partial charge on any atom is -0.375 e. The molecule has 2 heterocycles. The first-order valence-corrected chi connectivity index (χ1v) is 7.56. The van der Waals surface area contributed by atoms with E-state index in [0.717, 1.165) is 32.4 Å². The lowest BCUT2D eigenvalue weighted by Gasteiger charge is -2.36. The second kappa shape index (κ2) is 5.58. The van der Waals surface area contributed by atoms with Gasteiger partial charge in [0.05, 0.1) is 5.60 Å². The zero-order chi connectivity index (χ0) is 14.0. The predicted molar refractivity (Wildman–Crippen MR) is 83.1 cm³/mol. The third-order valence-electron chi connectivity index (χ3n) is 4.20. The zero-order valence-corrected chi connectivity index (χ0v) is 12.4. The van der Waals surface area contributed by atoms with Gasteiger partial charge in [0.25, 0.3) is 0 Å². The molecule has 1 atom stereocenters. The van der Waals surface area contributed by atoms with Crippen LogP contribution in [0.4, 0.5) is 0 Å². The summed E-state index contributed by atoms with van der Waals surface area (Å²) >= 11 is 0. The molecule has 0 amide bonds. The number of rotatable bonds is 4. The van der Waals surface area contributed by atoms with Crippen molar-refractivity contribution in [1.29, 1.82) is 0 Å². The summed E-state index contributed by atoms with van der Waals surface area (Å²) in [5.41, 5.74) is 2.66. The Hall–Kier alpha value is -1.32. The van der Waals surface area contributed by atoms with Gasteiger partial charge >= 0.3 is 0 Å². The summed E-state index contributed by atoms with van der Waals surface area (Å²) < 4.78 is 5.76. The first-order chi connectivity index (χ1) is 9.64. The summed E-state index contributed by atoms with van der Waals surface area (Å²) in [7, 11) is 0. The Morgan fingerprint density at radius 1 is 1.35 bits per heavy atom. The first-order valence-electron chi connectivity index (χ1n) is 7.56. The lowest BCUT2D eigenvalue weighted by Crippen LogP contribution is -2.44. The molecule has 3 heteroatoms. The fourth-order valence-electron chi connectivity index (χ4n) is 3.16. The molecule has 2 N–H and O–H groups in total. The first kappa shape index (κ1) is 13.7. The second-order valence-electron chi connectivity index (χ2n) is 6.36. The van der Waals surface area contributed by atoms with Gasteiger partial charge in [-0.25, -0.2) is 0 Å². The van der Waals surface area contributed by atoms with Gasteiger partial charge < -0.3 is 15.0 Å². The molecule has 0 radical (unpaired) electrons. The Kier molecular flexibility index (Phi) is 3.81. The lowest BCUT2D eigenvalue weighted by atomic mass is 9.94. The van der Waals surface area contributed by atoms with Gasteiger partial charge in [-0.1, -0.05) is 18.2 Å². The molecule has 0 aliphatic carbocycles. The Morgan fingerprint density at radius 2 is 2.20 bits per heavy atom. The van der Waals surface area contributed by atoms with Crippen molar-refractivity contribution in [2.75, 3.05) is 13.2 Å². The Morgan fingerprint density at radius 3 is 3.05 bits per heavy atom. The second-order valence-corrected chi connectivity index (χ2v) is 6.36. The van der Waals surface area contributed by atoms with E-state index in [1.165, 1.54) is 16.5 Å². The van der Waals surface area contributed by atoms with Crippen LogP contribution in [0, 0.1) is 0 Å². The van der Waals surface area contributed by atoms with Gasteiger partial charge in [-0.3, -0.25) is 0 Å². The number of hydrogen-bond acceptors (Lipinski definition) is 2. The van der Waals surface area contributed by atoms with Crippen molar-refractivity contribution in [2.45, 2.75) is 44.8 Å². The van der Waals surface area contributed by atoms with Crippen LogP contribution in [0.1, 0.15) is 32.3 Å². The van der Waals surface area contributed by atoms with Crippen LogP contribution in [-0.4, -0.2) is 29.8 Å². The quantitative estimate of drug-likeness (QED) is 0.896. The monoisotopic (exact) mass is 272 g/mol. The molecular weight excluding hydrogens is 248 g/mol. The number of ether oxygens (including phenoxy) is 1. The zero-order valence-electron chi connectivity index (χ0n) is 12.4. The standard InChI is InChI=1S/C17H24N2O/c1-17(2)11-14(8-10-20-17)18-9-7-13-12-19-16-6-4-3-5-15(13)16/h3-6,12,14,18-19H,7-11H2,1-2H3. The maximum atomic E-state index is 5.76. The van der Waals surface area contributed by atoms with Gasteiger partial charge in [-0.05, 0) is 51.3 Å². The van der Waals surface area contributed by atoms with Crippen LogP contribution < -0.4 is 5.32 Å². The highest BCUT2D eigenvalue weighted by Crippen LogP contribution is 2.24. The van der Waals surface area contributed by atoms with Crippen molar-refractivity contribution in [3.05, 3.63) is 36.0 Å². The highest BCUT2D eigenvalue weighted by Gasteiger charge is 2.28. The molecule has 2 aromatic rings. The molecule has 1 aliphatic heterocycles. The molecule has 108 valence electrons. The van der Waals surface area contributed by atoms with Gasteiger partial charge in [0, 0.05) is 29.7 Å². The van der Waals surface area contributed by atoms with E-state index in [4.69, 9.17) is 4.74 Å². The van der Waals surface area contributed by atoms with Crippen LogP contribution in [0.2, 0.25) is 0 Å². The summed E-state index contributed by atoms with van der Waals surface area (Å²) in [5.74, 6) is 0. The van der Waals surface area contributed by atoms with Gasteiger partial charge in [0.15, 0.2) is 0 Å². The molecule has 0 saturated carbocycles. The maximum Gasteiger partial charge on any atom is 0.0641 e. The molecule has 3 nitrogen and oxygen atoms in total. The summed E-state index contributed by atoms with van der Waals surface area (Å²) in [6.07, 6.45) is 5.43. The third-order valence-corrected chi connectivity index (χ3v) is 4.20. The van der Waals surface area contributed by atoms with Gasteiger partial charge in [0.2, 0.25) is 0 Å². The average Bonchev–Trinajstić information content (AvgIpc) is 2.81. The van der Waals surface area contributed by atoms with E-state index in [9.17, 15) is 0 Å². The molecule has 1 aromatic heterocycles. The number of H-pyrrole nitrogens is 1. The smallest absolute Gasteiger partial charge is 0.0641 e. The minimum atomic E-state index is 0.0245. The van der Waals surface area contributed by atoms with Crippen LogP contribution in [-0.2, 0) is 11.2 Å². The summed E-state index contributed by atoms with van der Waals surface area (Å²) in [6.45, 7) is 6.27. The predicted octanol–water partition coefficient (Wildman–Crippen LogP) is 3.26. The van der Waals surface area contributed by atoms with Gasteiger partial charge in [0.1, 0.15) is 0 Å². The van der Waals surface area contributed by atoms with Crippen LogP contribution >= 0.6 is 0 Å². The van der Waals surface area contributed by atoms with E-state index in [-0.39, 0.29) is 5.60 Å². The molecule has 1 fully saturated rings. The number of benzene rings is 1. The van der Waals surface area contributed by atoms with Crippen molar-refractivity contribution < 1.29 is 4.74 Å². The van der Waals surface area contributed by atoms with E-state index < -0.39 is 0 Å². The minimum absolute atomic E-state index is 0.0245. The van der Waals surface area contributed by atoms with Crippen LogP contribution in [0.15, 0.2) is 30.5 Å². The Bertz CT molecular complexity index is 573. The average molecular weight is 272 g/mol. The van der Waals surface area contributed by atoms with E-state index in [2.05, 4.69) is 54.6 Å². The molecule has 1 aliphatic rings. The van der Waals surface area contributed by atoms with Crippen LogP contribution in [0.25, 0.3) is 10.9 Å².